The van der Waals surface area contributed by atoms with Crippen LogP contribution in [0.25, 0.3) is 0 Å². The van der Waals surface area contributed by atoms with Gasteiger partial charge in [0, 0.05) is 45.8 Å². The molecule has 5 amide bonds. The number of nitrogens with two attached hydrogens (primary N) is 2. The summed E-state index contributed by atoms with van der Waals surface area (Å²) < 4.78 is 12.6. The van der Waals surface area contributed by atoms with Gasteiger partial charge in [0.1, 0.15) is 24.2 Å². The lowest BCUT2D eigenvalue weighted by molar-refractivity contribution is -0.147. The third-order valence-corrected chi connectivity index (χ3v) is 11.5. The molecule has 2 saturated heterocycles. The van der Waals surface area contributed by atoms with Crippen molar-refractivity contribution in [1.29, 1.82) is 0 Å². The van der Waals surface area contributed by atoms with Crippen molar-refractivity contribution in [2.24, 2.45) is 23.3 Å². The number of nitrogens with one attached hydrogen (secondary N) is 4. The van der Waals surface area contributed by atoms with Crippen molar-refractivity contribution in [3.63, 3.8) is 0 Å². The molecule has 3 aliphatic rings. The molecule has 0 bridgehead atoms. The van der Waals surface area contributed by atoms with E-state index in [1.54, 1.807) is 7.05 Å². The molecule has 0 radical (unpaired) electrons. The average molecular weight is 779 g/mol. The van der Waals surface area contributed by atoms with Gasteiger partial charge in [-0.2, -0.15) is 0 Å². The molecular weight excluding hydrogens is 704 g/mol. The number of amides is 5. The summed E-state index contributed by atoms with van der Waals surface area (Å²) in [6.07, 6.45) is 11.3. The normalized spacial score (nSPS) is 30.7. The Labute approximate surface area is 329 Å². The summed E-state index contributed by atoms with van der Waals surface area (Å²) >= 11 is 0. The van der Waals surface area contributed by atoms with Gasteiger partial charge in [-0.05, 0) is 44.9 Å². The van der Waals surface area contributed by atoms with Crippen LogP contribution in [-0.4, -0.2) is 135 Å². The van der Waals surface area contributed by atoms with Gasteiger partial charge in [0.15, 0.2) is 0 Å². The van der Waals surface area contributed by atoms with E-state index in [9.17, 15) is 24.0 Å². The topological polar surface area (TPSA) is 210 Å². The van der Waals surface area contributed by atoms with Gasteiger partial charge in [-0.3, -0.25) is 28.9 Å². The van der Waals surface area contributed by atoms with Crippen molar-refractivity contribution >= 4 is 29.5 Å². The van der Waals surface area contributed by atoms with E-state index >= 15 is 0 Å². The Morgan fingerprint density at radius 3 is 2.13 bits per heavy atom. The predicted molar refractivity (Wildman–Crippen MR) is 213 cm³/mol. The Morgan fingerprint density at radius 1 is 0.782 bits per heavy atom. The van der Waals surface area contributed by atoms with E-state index in [0.29, 0.717) is 32.4 Å². The molecule has 1 aliphatic carbocycles. The highest BCUT2D eigenvalue weighted by molar-refractivity contribution is 5.96. The first kappa shape index (κ1) is 46.5. The molecule has 2 aliphatic heterocycles. The maximum atomic E-state index is 14.2. The van der Waals surface area contributed by atoms with Crippen LogP contribution in [0.15, 0.2) is 0 Å². The maximum absolute atomic E-state index is 14.2. The van der Waals surface area contributed by atoms with Crippen LogP contribution in [0, 0.1) is 11.8 Å². The first-order valence-corrected chi connectivity index (χ1v) is 21.3. The van der Waals surface area contributed by atoms with Gasteiger partial charge in [0.25, 0.3) is 0 Å². The van der Waals surface area contributed by atoms with Crippen molar-refractivity contribution in [2.45, 2.75) is 160 Å². The van der Waals surface area contributed by atoms with E-state index in [1.165, 1.54) is 4.90 Å². The fourth-order valence-corrected chi connectivity index (χ4v) is 8.10. The number of rotatable bonds is 14. The number of carbonyl (C=O) groups is 5. The SMILES string of the molecule is CCCCCCC1OCC(C)NC(=O)C(CO[C@H]2CCN(CCN)C2)NC(=O)C(CN)NC(=O)C(C2CCCCCC2)NC(=O)C(CCC)N(C)C(=O)C1C. The Kier molecular flexibility index (Phi) is 20.9. The number of likely N-dealkylation sites (N-methyl/N-ethyl adjacent to an activating group) is 1. The smallest absolute Gasteiger partial charge is 0.245 e. The molecule has 8 N–H and O–H groups in total. The highest BCUT2D eigenvalue weighted by Gasteiger charge is 2.38. The second-order valence-electron chi connectivity index (χ2n) is 16.1. The minimum absolute atomic E-state index is 0.0883. The first-order valence-electron chi connectivity index (χ1n) is 21.3. The number of carbonyl (C=O) groups excluding carboxylic acids is 5. The first-order chi connectivity index (χ1) is 26.4. The minimum Gasteiger partial charge on any atom is -0.375 e. The standard InChI is InChI=1S/C40H74N8O7/c1-6-8-9-14-18-34-28(4)40(53)47(5)33(15-7-2)38(51)46-35(29-16-12-10-11-13-17-29)39(52)44-31(23-42)36(49)45-32(37(50)43-27(3)25-55-34)26-54-30-19-21-48(24-30)22-20-41/h27-35H,6-26,41-42H2,1-5H3,(H,43,50)(H,44,52)(H,45,49)(H,46,51)/t27?,28?,30-,31?,32?,33?,34?,35?/m0/s1. The summed E-state index contributed by atoms with van der Waals surface area (Å²) in [6.45, 7) is 10.4. The highest BCUT2D eigenvalue weighted by Crippen LogP contribution is 2.27. The summed E-state index contributed by atoms with van der Waals surface area (Å²) in [5.74, 6) is -2.96. The highest BCUT2D eigenvalue weighted by atomic mass is 16.5. The van der Waals surface area contributed by atoms with Crippen LogP contribution < -0.4 is 32.7 Å². The molecule has 0 aromatic rings. The molecule has 0 spiro atoms. The Bertz CT molecular complexity index is 1200. The number of unbranched alkanes of at least 4 members (excludes halogenated alkanes) is 3. The van der Waals surface area contributed by atoms with Gasteiger partial charge in [-0.25, -0.2) is 0 Å². The molecule has 2 heterocycles. The molecule has 3 rings (SSSR count). The minimum atomic E-state index is -1.17. The van der Waals surface area contributed by atoms with E-state index < -0.39 is 65.9 Å². The molecule has 0 aromatic heterocycles. The molecule has 316 valence electrons. The lowest BCUT2D eigenvalue weighted by Gasteiger charge is -2.34. The predicted octanol–water partition coefficient (Wildman–Crippen LogP) is 1.56. The van der Waals surface area contributed by atoms with Crippen LogP contribution in [0.4, 0.5) is 0 Å². The monoisotopic (exact) mass is 779 g/mol. The fourth-order valence-electron chi connectivity index (χ4n) is 8.10. The van der Waals surface area contributed by atoms with Crippen LogP contribution in [0.2, 0.25) is 0 Å². The zero-order chi connectivity index (χ0) is 40.3. The molecule has 1 saturated carbocycles. The quantitative estimate of drug-likeness (QED) is 0.111. The van der Waals surface area contributed by atoms with Gasteiger partial charge in [0.05, 0.1) is 31.3 Å². The van der Waals surface area contributed by atoms with Crippen molar-refractivity contribution in [3.05, 3.63) is 0 Å². The van der Waals surface area contributed by atoms with E-state index in [2.05, 4.69) is 33.1 Å². The van der Waals surface area contributed by atoms with Crippen molar-refractivity contribution in [3.8, 4) is 0 Å². The number of ether oxygens (including phenoxy) is 2. The lowest BCUT2D eigenvalue weighted by Crippen LogP contribution is -2.62. The zero-order valence-corrected chi connectivity index (χ0v) is 34.5. The number of hydrogen-bond donors (Lipinski definition) is 6. The molecule has 8 atom stereocenters. The molecule has 3 fully saturated rings. The second kappa shape index (κ2) is 24.7. The summed E-state index contributed by atoms with van der Waals surface area (Å²) in [6, 6.07) is -4.47. The van der Waals surface area contributed by atoms with Gasteiger partial charge < -0.3 is 47.1 Å². The molecule has 55 heavy (non-hydrogen) atoms. The van der Waals surface area contributed by atoms with Crippen molar-refractivity contribution in [2.75, 3.05) is 53.0 Å². The van der Waals surface area contributed by atoms with Crippen molar-refractivity contribution < 1.29 is 33.4 Å². The van der Waals surface area contributed by atoms with Gasteiger partial charge in [-0.15, -0.1) is 0 Å². The van der Waals surface area contributed by atoms with Gasteiger partial charge >= 0.3 is 0 Å². The van der Waals surface area contributed by atoms with Crippen LogP contribution >= 0.6 is 0 Å². The van der Waals surface area contributed by atoms with Crippen LogP contribution in [0.5, 0.6) is 0 Å². The fraction of sp³-hybridized carbons (Fsp3) is 0.875. The van der Waals surface area contributed by atoms with Crippen molar-refractivity contribution in [1.82, 2.24) is 31.1 Å². The Morgan fingerprint density at radius 2 is 1.47 bits per heavy atom. The third-order valence-electron chi connectivity index (χ3n) is 11.5. The zero-order valence-electron chi connectivity index (χ0n) is 34.5. The molecular formula is C40H74N8O7. The molecule has 15 heteroatoms. The maximum Gasteiger partial charge on any atom is 0.245 e. The third kappa shape index (κ3) is 14.9. The summed E-state index contributed by atoms with van der Waals surface area (Å²) in [5, 5.41) is 11.6. The van der Waals surface area contributed by atoms with E-state index in [-0.39, 0.29) is 37.7 Å². The number of likely N-dealkylation sites (tertiary alicyclic amines) is 1. The van der Waals surface area contributed by atoms with Gasteiger partial charge in [0.2, 0.25) is 29.5 Å². The van der Waals surface area contributed by atoms with Crippen LogP contribution in [0.1, 0.15) is 118 Å². The Balaban J connectivity index is 1.97. The largest absolute Gasteiger partial charge is 0.375 e. The van der Waals surface area contributed by atoms with E-state index in [4.69, 9.17) is 20.9 Å². The number of hydrogen-bond acceptors (Lipinski definition) is 10. The van der Waals surface area contributed by atoms with E-state index in [0.717, 1.165) is 83.7 Å². The summed E-state index contributed by atoms with van der Waals surface area (Å²) in [4.78, 5) is 73.9. The number of nitrogens with zero attached hydrogens (tertiary/aromatic N) is 2. The molecule has 0 aromatic carbocycles. The summed E-state index contributed by atoms with van der Waals surface area (Å²) in [7, 11) is 1.65. The Hall–Kier alpha value is -2.85. The van der Waals surface area contributed by atoms with Gasteiger partial charge in [-0.1, -0.05) is 78.6 Å². The lowest BCUT2D eigenvalue weighted by atomic mass is 9.90. The van der Waals surface area contributed by atoms with Crippen LogP contribution in [0.3, 0.4) is 0 Å². The molecule has 15 nitrogen and oxygen atoms in total. The summed E-state index contributed by atoms with van der Waals surface area (Å²) in [5.41, 5.74) is 11.8. The van der Waals surface area contributed by atoms with Crippen LogP contribution in [-0.2, 0) is 33.4 Å². The average Bonchev–Trinajstić information content (AvgIpc) is 3.44. The molecule has 7 unspecified atom stereocenters. The van der Waals surface area contributed by atoms with E-state index in [1.807, 2.05) is 20.8 Å². The second-order valence-corrected chi connectivity index (χ2v) is 16.1.